The molecule has 1 aliphatic carbocycles. The summed E-state index contributed by atoms with van der Waals surface area (Å²) in [7, 11) is 0. The molecule has 0 spiro atoms. The summed E-state index contributed by atoms with van der Waals surface area (Å²) in [4.78, 5) is 10.1. The van der Waals surface area contributed by atoms with Gasteiger partial charge in [-0.2, -0.15) is 18.4 Å². The van der Waals surface area contributed by atoms with Gasteiger partial charge in [0.25, 0.3) is 0 Å². The molecule has 0 amide bonds. The number of likely N-dealkylation sites (tertiary alicyclic amines) is 1. The van der Waals surface area contributed by atoms with Gasteiger partial charge in [0, 0.05) is 60.8 Å². The molecular weight excluding hydrogens is 427 g/mol. The molecule has 5 nitrogen and oxygen atoms in total. The summed E-state index contributed by atoms with van der Waals surface area (Å²) in [6.07, 6.45) is 0.742. The predicted molar refractivity (Wildman–Crippen MR) is 120 cm³/mol. The number of nitrogens with one attached hydrogen (secondary N) is 1. The zero-order valence-corrected chi connectivity index (χ0v) is 18.8. The maximum atomic E-state index is 12.8. The fourth-order valence-electron chi connectivity index (χ4n) is 5.13. The van der Waals surface area contributed by atoms with Crippen molar-refractivity contribution in [2.75, 3.05) is 13.1 Å². The van der Waals surface area contributed by atoms with Crippen LogP contribution in [-0.2, 0) is 13.0 Å². The van der Waals surface area contributed by atoms with Crippen LogP contribution in [0.2, 0.25) is 0 Å². The molecule has 1 N–H and O–H groups in total. The monoisotopic (exact) mass is 455 g/mol. The summed E-state index contributed by atoms with van der Waals surface area (Å²) >= 11 is 0. The number of nitriles is 1. The van der Waals surface area contributed by atoms with E-state index >= 15 is 0 Å². The van der Waals surface area contributed by atoms with Gasteiger partial charge in [0.2, 0.25) is 0 Å². The summed E-state index contributed by atoms with van der Waals surface area (Å²) in [5.74, 6) is 1.41. The normalized spacial score (nSPS) is 18.2. The van der Waals surface area contributed by atoms with Crippen molar-refractivity contribution < 1.29 is 13.2 Å². The highest BCUT2D eigenvalue weighted by atomic mass is 19.4. The first-order valence-electron chi connectivity index (χ1n) is 11.7. The minimum atomic E-state index is -4.15. The van der Waals surface area contributed by atoms with Crippen molar-refractivity contribution in [3.05, 3.63) is 52.7 Å². The molecule has 0 unspecified atom stereocenters. The van der Waals surface area contributed by atoms with Crippen molar-refractivity contribution >= 4 is 10.9 Å². The van der Waals surface area contributed by atoms with Gasteiger partial charge in [0.15, 0.2) is 0 Å². The zero-order chi connectivity index (χ0) is 23.2. The minimum absolute atomic E-state index is 0.00396. The van der Waals surface area contributed by atoms with Crippen LogP contribution in [0.4, 0.5) is 13.2 Å². The number of H-pyrrole nitrogens is 1. The Morgan fingerprint density at radius 1 is 1.18 bits per heavy atom. The van der Waals surface area contributed by atoms with Gasteiger partial charge in [-0.05, 0) is 62.3 Å². The number of hydrogen-bond acceptors (Lipinski definition) is 3. The Balaban J connectivity index is 1.28. The number of halogens is 3. The summed E-state index contributed by atoms with van der Waals surface area (Å²) in [6.45, 7) is 4.74. The molecule has 1 saturated heterocycles. The van der Waals surface area contributed by atoms with Crippen molar-refractivity contribution in [1.29, 1.82) is 5.26 Å². The Labute approximate surface area is 191 Å². The average molecular weight is 456 g/mol. The van der Waals surface area contributed by atoms with Crippen LogP contribution < -0.4 is 0 Å². The third-order valence-electron chi connectivity index (χ3n) is 7.13. The molecule has 5 rings (SSSR count). The topological polar surface area (TPSA) is 60.6 Å². The Morgan fingerprint density at radius 3 is 2.61 bits per heavy atom. The van der Waals surface area contributed by atoms with Gasteiger partial charge in [0.1, 0.15) is 17.6 Å². The van der Waals surface area contributed by atoms with Crippen molar-refractivity contribution in [1.82, 2.24) is 19.4 Å². The summed E-state index contributed by atoms with van der Waals surface area (Å²) in [5, 5.41) is 10.2. The van der Waals surface area contributed by atoms with Crippen LogP contribution in [-0.4, -0.2) is 38.7 Å². The molecular formula is C25H28F3N5. The fourth-order valence-corrected chi connectivity index (χ4v) is 5.13. The SMILES string of the molecule is Cc1c(CN2CCC(n3c(CCC(F)(F)F)cnc3C3CC3)CC2)ccc2[nH]c(C#N)cc12. The van der Waals surface area contributed by atoms with Crippen LogP contribution in [0.25, 0.3) is 10.9 Å². The van der Waals surface area contributed by atoms with Crippen LogP contribution in [0.3, 0.4) is 0 Å². The lowest BCUT2D eigenvalue weighted by Crippen LogP contribution is -2.35. The van der Waals surface area contributed by atoms with Crippen LogP contribution in [0, 0.1) is 18.3 Å². The number of imidazole rings is 1. The highest BCUT2D eigenvalue weighted by Crippen LogP contribution is 2.42. The predicted octanol–water partition coefficient (Wildman–Crippen LogP) is 5.75. The van der Waals surface area contributed by atoms with E-state index in [1.807, 2.05) is 12.1 Å². The lowest BCUT2D eigenvalue weighted by molar-refractivity contribution is -0.134. The highest BCUT2D eigenvalue weighted by molar-refractivity contribution is 5.85. The molecule has 2 aromatic heterocycles. The number of alkyl halides is 3. The summed E-state index contributed by atoms with van der Waals surface area (Å²) in [5.41, 5.74) is 4.71. The number of fused-ring (bicyclic) bond motifs is 1. The zero-order valence-electron chi connectivity index (χ0n) is 18.8. The maximum Gasteiger partial charge on any atom is 0.389 e. The molecule has 3 aromatic rings. The Bertz CT molecular complexity index is 1190. The second-order valence-electron chi connectivity index (χ2n) is 9.48. The van der Waals surface area contributed by atoms with E-state index in [0.717, 1.165) is 67.7 Å². The first kappa shape index (κ1) is 22.0. The number of nitrogens with zero attached hydrogens (tertiary/aromatic N) is 4. The van der Waals surface area contributed by atoms with Crippen molar-refractivity contribution in [2.24, 2.45) is 0 Å². The van der Waals surface area contributed by atoms with Crippen LogP contribution in [0.1, 0.15) is 72.4 Å². The van der Waals surface area contributed by atoms with Crippen LogP contribution in [0.5, 0.6) is 0 Å². The lowest BCUT2D eigenvalue weighted by atomic mass is 10.00. The first-order chi connectivity index (χ1) is 15.8. The Kier molecular flexibility index (Phi) is 5.69. The van der Waals surface area contributed by atoms with Gasteiger partial charge < -0.3 is 9.55 Å². The highest BCUT2D eigenvalue weighted by Gasteiger charge is 2.34. The Hall–Kier alpha value is -2.79. The van der Waals surface area contributed by atoms with Gasteiger partial charge in [-0.3, -0.25) is 4.90 Å². The fraction of sp³-hybridized carbons (Fsp3) is 0.520. The van der Waals surface area contributed by atoms with E-state index in [0.29, 0.717) is 11.6 Å². The molecule has 2 aliphatic rings. The van der Waals surface area contributed by atoms with Crippen LogP contribution >= 0.6 is 0 Å². The van der Waals surface area contributed by atoms with E-state index in [1.165, 1.54) is 11.1 Å². The van der Waals surface area contributed by atoms with E-state index in [-0.39, 0.29) is 12.5 Å². The molecule has 2 fully saturated rings. The Morgan fingerprint density at radius 2 is 1.94 bits per heavy atom. The number of piperidine rings is 1. The second-order valence-corrected chi connectivity index (χ2v) is 9.48. The number of hydrogen-bond donors (Lipinski definition) is 1. The maximum absolute atomic E-state index is 12.8. The number of aromatic nitrogens is 3. The second kappa shape index (κ2) is 8.53. The lowest BCUT2D eigenvalue weighted by Gasteiger charge is -2.34. The van der Waals surface area contributed by atoms with E-state index < -0.39 is 12.6 Å². The molecule has 8 heteroatoms. The van der Waals surface area contributed by atoms with Crippen molar-refractivity contribution in [3.63, 3.8) is 0 Å². The number of rotatable bonds is 6. The molecule has 0 bridgehead atoms. The quantitative estimate of drug-likeness (QED) is 0.515. The molecule has 33 heavy (non-hydrogen) atoms. The summed E-state index contributed by atoms with van der Waals surface area (Å²) < 4.78 is 40.7. The van der Waals surface area contributed by atoms with E-state index in [9.17, 15) is 13.2 Å². The number of aryl methyl sites for hydroxylation is 2. The molecule has 1 aliphatic heterocycles. The smallest absolute Gasteiger partial charge is 0.346 e. The van der Waals surface area contributed by atoms with Gasteiger partial charge in [-0.15, -0.1) is 0 Å². The molecule has 1 aromatic carbocycles. The summed E-state index contributed by atoms with van der Waals surface area (Å²) in [6, 6.07) is 8.44. The van der Waals surface area contributed by atoms with Gasteiger partial charge in [0.05, 0.1) is 0 Å². The van der Waals surface area contributed by atoms with Crippen LogP contribution in [0.15, 0.2) is 24.4 Å². The van der Waals surface area contributed by atoms with Crippen molar-refractivity contribution in [3.8, 4) is 6.07 Å². The number of benzene rings is 1. The van der Waals surface area contributed by atoms with Gasteiger partial charge in [-0.25, -0.2) is 4.98 Å². The number of aromatic amines is 1. The molecule has 174 valence electrons. The van der Waals surface area contributed by atoms with Gasteiger partial charge in [-0.1, -0.05) is 6.07 Å². The largest absolute Gasteiger partial charge is 0.389 e. The third kappa shape index (κ3) is 4.65. The molecule has 1 saturated carbocycles. The minimum Gasteiger partial charge on any atom is -0.346 e. The van der Waals surface area contributed by atoms with Crippen molar-refractivity contribution in [2.45, 2.75) is 70.1 Å². The first-order valence-corrected chi connectivity index (χ1v) is 11.7. The molecule has 0 radical (unpaired) electrons. The van der Waals surface area contributed by atoms with E-state index in [4.69, 9.17) is 5.26 Å². The van der Waals surface area contributed by atoms with Gasteiger partial charge >= 0.3 is 6.18 Å². The van der Waals surface area contributed by atoms with E-state index in [2.05, 4.69) is 38.5 Å². The molecule has 0 atom stereocenters. The average Bonchev–Trinajstić information content (AvgIpc) is 3.39. The van der Waals surface area contributed by atoms with E-state index in [1.54, 1.807) is 6.20 Å². The molecule has 3 heterocycles. The standard InChI is InChI=1S/C25H28F3N5/c1-16-18(4-5-23-22(16)12-19(13-29)31-23)15-32-10-7-20(8-11-32)33-21(6-9-25(26,27)28)14-30-24(33)17-2-3-17/h4-5,12,14,17,20,31H,2-3,6-11,15H2,1H3. The third-order valence-corrected chi connectivity index (χ3v) is 7.13.